The average Bonchev–Trinajstić information content (AvgIpc) is 2.69. The zero-order chi connectivity index (χ0) is 23.7. The van der Waals surface area contributed by atoms with Gasteiger partial charge in [0, 0.05) is 12.1 Å². The van der Waals surface area contributed by atoms with Gasteiger partial charge in [0.25, 0.3) is 0 Å². The van der Waals surface area contributed by atoms with Gasteiger partial charge in [0.05, 0.1) is 5.56 Å². The van der Waals surface area contributed by atoms with E-state index in [2.05, 4.69) is 16.4 Å². The summed E-state index contributed by atoms with van der Waals surface area (Å²) in [7, 11) is 0. The van der Waals surface area contributed by atoms with E-state index in [9.17, 15) is 35.1 Å². The molecule has 0 aromatic heterocycles. The van der Waals surface area contributed by atoms with E-state index in [1.165, 1.54) is 6.07 Å². The van der Waals surface area contributed by atoms with Crippen LogP contribution in [0.2, 0.25) is 0 Å². The van der Waals surface area contributed by atoms with Crippen molar-refractivity contribution in [1.29, 1.82) is 0 Å². The maximum atomic E-state index is 14.5. The van der Waals surface area contributed by atoms with Crippen LogP contribution in [0.15, 0.2) is 30.3 Å². The first-order chi connectivity index (χ1) is 14.9. The number of halogens is 8. The Morgan fingerprint density at radius 1 is 0.812 bits per heavy atom. The lowest BCUT2D eigenvalue weighted by molar-refractivity contribution is -0.276. The molecule has 2 aromatic rings. The zero-order valence-electron chi connectivity index (χ0n) is 16.9. The standard InChI is InChI=1S/C22H20F8O2/c1-2-12-3-5-13(6-4-12)14-7-8-16(17(23)9-14)21(26,27)31-15-10-18(24)20(19(25)11-15)32-22(28,29)30/h7-13H,2-6H2,1H3/t12-,13-. The topological polar surface area (TPSA) is 18.5 Å². The van der Waals surface area contributed by atoms with Gasteiger partial charge in [-0.3, -0.25) is 0 Å². The van der Waals surface area contributed by atoms with Crippen molar-refractivity contribution in [3.05, 3.63) is 58.9 Å². The third-order valence-corrected chi connectivity index (χ3v) is 5.64. The summed E-state index contributed by atoms with van der Waals surface area (Å²) in [5.74, 6) is -7.40. The van der Waals surface area contributed by atoms with Gasteiger partial charge in [0.1, 0.15) is 11.6 Å². The molecule has 0 N–H and O–H groups in total. The molecule has 0 amide bonds. The molecule has 0 aliphatic heterocycles. The first kappa shape index (κ1) is 24.1. The van der Waals surface area contributed by atoms with Crippen LogP contribution in [0, 0.1) is 23.4 Å². The predicted octanol–water partition coefficient (Wildman–Crippen LogP) is 7.81. The lowest BCUT2D eigenvalue weighted by Crippen LogP contribution is -2.24. The fraction of sp³-hybridized carbons (Fsp3) is 0.455. The molecule has 0 spiro atoms. The van der Waals surface area contributed by atoms with Gasteiger partial charge in [-0.05, 0) is 55.2 Å². The van der Waals surface area contributed by atoms with Gasteiger partial charge in [-0.1, -0.05) is 19.4 Å². The Bertz CT molecular complexity index is 926. The van der Waals surface area contributed by atoms with Crippen LogP contribution in [0.5, 0.6) is 11.5 Å². The minimum Gasteiger partial charge on any atom is -0.429 e. The van der Waals surface area contributed by atoms with Crippen molar-refractivity contribution in [3.8, 4) is 11.5 Å². The monoisotopic (exact) mass is 468 g/mol. The van der Waals surface area contributed by atoms with Crippen molar-refractivity contribution in [1.82, 2.24) is 0 Å². The summed E-state index contributed by atoms with van der Waals surface area (Å²) >= 11 is 0. The van der Waals surface area contributed by atoms with E-state index in [-0.39, 0.29) is 18.1 Å². The Hall–Kier alpha value is -2.52. The molecule has 0 heterocycles. The van der Waals surface area contributed by atoms with Crippen LogP contribution in [0.3, 0.4) is 0 Å². The molecule has 1 fully saturated rings. The first-order valence-electron chi connectivity index (χ1n) is 10.0. The van der Waals surface area contributed by atoms with Gasteiger partial charge in [0.2, 0.25) is 5.75 Å². The maximum Gasteiger partial charge on any atom is 0.573 e. The Kier molecular flexibility index (Phi) is 6.90. The third kappa shape index (κ3) is 5.63. The van der Waals surface area contributed by atoms with Gasteiger partial charge in [-0.15, -0.1) is 13.2 Å². The molecule has 0 radical (unpaired) electrons. The summed E-state index contributed by atoms with van der Waals surface area (Å²) in [5.41, 5.74) is -0.595. The SMILES string of the molecule is CC[C@H]1CC[C@H](c2ccc(C(F)(F)Oc3cc(F)c(OC(F)(F)F)c(F)c3)c(F)c2)CC1. The summed E-state index contributed by atoms with van der Waals surface area (Å²) < 4.78 is 115. The predicted molar refractivity (Wildman–Crippen MR) is 99.0 cm³/mol. The van der Waals surface area contributed by atoms with Gasteiger partial charge in [-0.25, -0.2) is 13.2 Å². The molecule has 32 heavy (non-hydrogen) atoms. The van der Waals surface area contributed by atoms with E-state index in [4.69, 9.17) is 0 Å². The minimum absolute atomic E-state index is 0.0419. The second-order valence-electron chi connectivity index (χ2n) is 7.75. The molecular weight excluding hydrogens is 448 g/mol. The van der Waals surface area contributed by atoms with E-state index in [1.807, 2.05) is 0 Å². The van der Waals surface area contributed by atoms with Crippen LogP contribution < -0.4 is 9.47 Å². The van der Waals surface area contributed by atoms with Crippen LogP contribution in [0.4, 0.5) is 35.1 Å². The fourth-order valence-corrected chi connectivity index (χ4v) is 3.94. The Morgan fingerprint density at radius 3 is 1.91 bits per heavy atom. The molecule has 1 aliphatic rings. The zero-order valence-corrected chi connectivity index (χ0v) is 16.9. The quantitative estimate of drug-likeness (QED) is 0.403. The van der Waals surface area contributed by atoms with Crippen molar-refractivity contribution in [2.75, 3.05) is 0 Å². The van der Waals surface area contributed by atoms with E-state index < -0.39 is 47.0 Å². The number of benzene rings is 2. The van der Waals surface area contributed by atoms with Crippen LogP contribution in [-0.2, 0) is 6.11 Å². The summed E-state index contributed by atoms with van der Waals surface area (Å²) in [6.45, 7) is 2.09. The molecule has 1 saturated carbocycles. The Balaban J connectivity index is 1.78. The van der Waals surface area contributed by atoms with Gasteiger partial charge >= 0.3 is 12.5 Å². The molecule has 176 valence electrons. The van der Waals surface area contributed by atoms with Crippen LogP contribution >= 0.6 is 0 Å². The van der Waals surface area contributed by atoms with E-state index in [0.29, 0.717) is 11.5 Å². The minimum atomic E-state index is -5.39. The molecule has 3 rings (SSSR count). The van der Waals surface area contributed by atoms with Crippen molar-refractivity contribution in [2.24, 2.45) is 5.92 Å². The average molecular weight is 468 g/mol. The number of ether oxygens (including phenoxy) is 2. The lowest BCUT2D eigenvalue weighted by atomic mass is 9.78. The highest BCUT2D eigenvalue weighted by molar-refractivity contribution is 5.36. The molecule has 1 aliphatic carbocycles. The molecule has 2 nitrogen and oxygen atoms in total. The highest BCUT2D eigenvalue weighted by Crippen LogP contribution is 2.40. The smallest absolute Gasteiger partial charge is 0.429 e. The maximum absolute atomic E-state index is 14.5. The largest absolute Gasteiger partial charge is 0.573 e. The number of hydrogen-bond acceptors (Lipinski definition) is 2. The number of alkyl halides is 5. The molecule has 0 unspecified atom stereocenters. The summed E-state index contributed by atoms with van der Waals surface area (Å²) in [6.07, 6.45) is -5.12. The van der Waals surface area contributed by atoms with Gasteiger partial charge in [-0.2, -0.15) is 8.78 Å². The van der Waals surface area contributed by atoms with Crippen molar-refractivity contribution in [3.63, 3.8) is 0 Å². The second kappa shape index (κ2) is 9.15. The van der Waals surface area contributed by atoms with Crippen molar-refractivity contribution >= 4 is 0 Å². The molecule has 10 heteroatoms. The molecule has 0 bridgehead atoms. The van der Waals surface area contributed by atoms with Gasteiger partial charge < -0.3 is 9.47 Å². The molecule has 2 aromatic carbocycles. The normalized spacial score (nSPS) is 19.7. The Morgan fingerprint density at radius 2 is 1.41 bits per heavy atom. The van der Waals surface area contributed by atoms with Crippen LogP contribution in [-0.4, -0.2) is 6.36 Å². The fourth-order valence-electron chi connectivity index (χ4n) is 3.94. The van der Waals surface area contributed by atoms with Crippen molar-refractivity contribution in [2.45, 2.75) is 57.4 Å². The molecule has 0 atom stereocenters. The van der Waals surface area contributed by atoms with Gasteiger partial charge in [0.15, 0.2) is 11.6 Å². The lowest BCUT2D eigenvalue weighted by Gasteiger charge is -2.28. The highest BCUT2D eigenvalue weighted by Gasteiger charge is 2.39. The number of rotatable bonds is 6. The van der Waals surface area contributed by atoms with E-state index in [0.717, 1.165) is 44.2 Å². The summed E-state index contributed by atoms with van der Waals surface area (Å²) in [5, 5.41) is 0. The Labute approximate surface area is 179 Å². The molecule has 0 saturated heterocycles. The van der Waals surface area contributed by atoms with Crippen molar-refractivity contribution < 1.29 is 44.6 Å². The third-order valence-electron chi connectivity index (χ3n) is 5.64. The highest BCUT2D eigenvalue weighted by atomic mass is 19.4. The summed E-state index contributed by atoms with van der Waals surface area (Å²) in [6, 6.07) is 3.37. The summed E-state index contributed by atoms with van der Waals surface area (Å²) in [4.78, 5) is 0. The van der Waals surface area contributed by atoms with Crippen LogP contribution in [0.1, 0.15) is 56.1 Å². The number of hydrogen-bond donors (Lipinski definition) is 0. The first-order valence-corrected chi connectivity index (χ1v) is 10.0. The van der Waals surface area contributed by atoms with Crippen LogP contribution in [0.25, 0.3) is 0 Å². The van der Waals surface area contributed by atoms with E-state index >= 15 is 0 Å². The second-order valence-corrected chi connectivity index (χ2v) is 7.75. The van der Waals surface area contributed by atoms with E-state index in [1.54, 1.807) is 0 Å². The molecular formula is C22H20F8O2.